The van der Waals surface area contributed by atoms with Crippen molar-refractivity contribution in [3.63, 3.8) is 0 Å². The van der Waals surface area contributed by atoms with Gasteiger partial charge < -0.3 is 10.4 Å². The molecule has 2 amide bonds. The minimum atomic E-state index is -0.245. The Kier molecular flexibility index (Phi) is 5.34. The second kappa shape index (κ2) is 7.05. The molecule has 2 rings (SSSR count). The fraction of sp³-hybridized carbons (Fsp3) is 0.688. The topological polar surface area (TPSA) is 87.1 Å². The number of nitrogens with zero attached hydrogens (tertiary/aromatic N) is 2. The van der Waals surface area contributed by atoms with Crippen LogP contribution in [0.1, 0.15) is 52.1 Å². The maximum atomic E-state index is 12.0. The lowest BCUT2D eigenvalue weighted by atomic mass is 9.87. The highest BCUT2D eigenvalue weighted by molar-refractivity contribution is 5.88. The third kappa shape index (κ3) is 4.66. The zero-order chi connectivity index (χ0) is 16.2. The van der Waals surface area contributed by atoms with Gasteiger partial charge in [-0.2, -0.15) is 5.10 Å². The summed E-state index contributed by atoms with van der Waals surface area (Å²) < 4.78 is 0. The van der Waals surface area contributed by atoms with Gasteiger partial charge in [-0.1, -0.05) is 20.8 Å². The average Bonchev–Trinajstić information content (AvgIpc) is 2.47. The lowest BCUT2D eigenvalue weighted by molar-refractivity contribution is 0.176. The molecule has 1 aliphatic rings. The molecule has 1 saturated carbocycles. The number of nitrogens with one attached hydrogen (secondary N) is 2. The van der Waals surface area contributed by atoms with Crippen LogP contribution in [-0.2, 0) is 5.41 Å². The second-order valence-electron chi connectivity index (χ2n) is 7.05. The van der Waals surface area contributed by atoms with E-state index in [0.717, 1.165) is 31.4 Å². The Balaban J connectivity index is 1.82. The molecule has 1 heterocycles. The van der Waals surface area contributed by atoms with Crippen molar-refractivity contribution in [1.29, 1.82) is 0 Å². The van der Waals surface area contributed by atoms with Crippen LogP contribution in [0.15, 0.2) is 12.1 Å². The van der Waals surface area contributed by atoms with E-state index < -0.39 is 0 Å². The summed E-state index contributed by atoms with van der Waals surface area (Å²) in [5, 5.41) is 23.0. The molecular weight excluding hydrogens is 280 g/mol. The van der Waals surface area contributed by atoms with Crippen LogP contribution in [0.25, 0.3) is 0 Å². The van der Waals surface area contributed by atoms with Crippen LogP contribution in [0.5, 0.6) is 0 Å². The maximum absolute atomic E-state index is 12.0. The van der Waals surface area contributed by atoms with Gasteiger partial charge in [0.1, 0.15) is 0 Å². The minimum Gasteiger partial charge on any atom is -0.396 e. The molecule has 6 heteroatoms. The monoisotopic (exact) mass is 306 g/mol. The van der Waals surface area contributed by atoms with E-state index in [4.69, 9.17) is 5.11 Å². The first-order valence-electron chi connectivity index (χ1n) is 7.91. The number of hydrogen-bond acceptors (Lipinski definition) is 4. The highest BCUT2D eigenvalue weighted by atomic mass is 16.3. The first-order chi connectivity index (χ1) is 10.4. The Labute approximate surface area is 131 Å². The molecule has 1 aromatic rings. The van der Waals surface area contributed by atoms with Crippen molar-refractivity contribution in [3.8, 4) is 0 Å². The second-order valence-corrected chi connectivity index (χ2v) is 7.05. The Hall–Kier alpha value is -1.69. The smallest absolute Gasteiger partial charge is 0.320 e. The molecule has 0 aliphatic heterocycles. The standard InChI is InChI=1S/C16H26N4O2/c1-16(2,3)13-8-9-14(20-19-13)18-15(22)17-12-6-4-11(10-21)5-7-12/h8-9,11-12,21H,4-7,10H2,1-3H3,(H2,17,18,20,22). The molecule has 0 aromatic carbocycles. The number of aliphatic hydroxyl groups is 1. The highest BCUT2D eigenvalue weighted by Crippen LogP contribution is 2.23. The Morgan fingerprint density at radius 3 is 2.41 bits per heavy atom. The van der Waals surface area contributed by atoms with Crippen LogP contribution >= 0.6 is 0 Å². The van der Waals surface area contributed by atoms with Crippen LogP contribution in [0, 0.1) is 5.92 Å². The maximum Gasteiger partial charge on any atom is 0.320 e. The van der Waals surface area contributed by atoms with E-state index in [1.807, 2.05) is 6.07 Å². The quantitative estimate of drug-likeness (QED) is 0.800. The molecule has 6 nitrogen and oxygen atoms in total. The summed E-state index contributed by atoms with van der Waals surface area (Å²) in [6.45, 7) is 6.45. The van der Waals surface area contributed by atoms with Gasteiger partial charge in [0.2, 0.25) is 0 Å². The third-order valence-corrected chi connectivity index (χ3v) is 4.11. The summed E-state index contributed by atoms with van der Waals surface area (Å²) >= 11 is 0. The minimum absolute atomic E-state index is 0.0564. The highest BCUT2D eigenvalue weighted by Gasteiger charge is 2.22. The summed E-state index contributed by atoms with van der Waals surface area (Å²) in [5.41, 5.74) is 0.833. The van der Waals surface area contributed by atoms with Gasteiger partial charge in [-0.25, -0.2) is 4.79 Å². The van der Waals surface area contributed by atoms with Gasteiger partial charge in [-0.15, -0.1) is 5.10 Å². The molecule has 0 unspecified atom stereocenters. The SMILES string of the molecule is CC(C)(C)c1ccc(NC(=O)NC2CCC(CO)CC2)nn1. The van der Waals surface area contributed by atoms with E-state index >= 15 is 0 Å². The van der Waals surface area contributed by atoms with Gasteiger partial charge >= 0.3 is 6.03 Å². The number of amides is 2. The molecular formula is C16H26N4O2. The Morgan fingerprint density at radius 2 is 1.91 bits per heavy atom. The summed E-state index contributed by atoms with van der Waals surface area (Å²) in [4.78, 5) is 12.0. The van der Waals surface area contributed by atoms with Gasteiger partial charge in [-0.05, 0) is 43.7 Å². The van der Waals surface area contributed by atoms with Crippen molar-refractivity contribution in [1.82, 2.24) is 15.5 Å². The summed E-state index contributed by atoms with van der Waals surface area (Å²) in [6, 6.07) is 3.58. The number of urea groups is 1. The van der Waals surface area contributed by atoms with Gasteiger partial charge in [0.25, 0.3) is 0 Å². The van der Waals surface area contributed by atoms with E-state index in [1.165, 1.54) is 0 Å². The number of anilines is 1. The van der Waals surface area contributed by atoms with E-state index in [0.29, 0.717) is 11.7 Å². The zero-order valence-electron chi connectivity index (χ0n) is 13.6. The predicted molar refractivity (Wildman–Crippen MR) is 85.7 cm³/mol. The molecule has 0 bridgehead atoms. The summed E-state index contributed by atoms with van der Waals surface area (Å²) in [6.07, 6.45) is 3.74. The van der Waals surface area contributed by atoms with E-state index in [2.05, 4.69) is 41.6 Å². The van der Waals surface area contributed by atoms with Gasteiger partial charge in [0.15, 0.2) is 5.82 Å². The van der Waals surface area contributed by atoms with Crippen molar-refractivity contribution in [2.24, 2.45) is 5.92 Å². The lowest BCUT2D eigenvalue weighted by Gasteiger charge is -2.27. The molecule has 122 valence electrons. The average molecular weight is 306 g/mol. The van der Waals surface area contributed by atoms with E-state index in [-0.39, 0.29) is 24.1 Å². The summed E-state index contributed by atoms with van der Waals surface area (Å²) in [7, 11) is 0. The molecule has 0 radical (unpaired) electrons. The van der Waals surface area contributed by atoms with Gasteiger partial charge in [0, 0.05) is 18.1 Å². The van der Waals surface area contributed by atoms with Gasteiger partial charge in [0.05, 0.1) is 5.69 Å². The number of hydrogen-bond donors (Lipinski definition) is 3. The fourth-order valence-electron chi connectivity index (χ4n) is 2.63. The largest absolute Gasteiger partial charge is 0.396 e. The molecule has 0 atom stereocenters. The van der Waals surface area contributed by atoms with Crippen molar-refractivity contribution in [3.05, 3.63) is 17.8 Å². The number of rotatable bonds is 3. The van der Waals surface area contributed by atoms with Crippen LogP contribution in [-0.4, -0.2) is 34.0 Å². The zero-order valence-corrected chi connectivity index (χ0v) is 13.6. The van der Waals surface area contributed by atoms with Crippen LogP contribution in [0.2, 0.25) is 0 Å². The lowest BCUT2D eigenvalue weighted by Crippen LogP contribution is -2.40. The predicted octanol–water partition coefficient (Wildman–Crippen LogP) is 2.45. The number of aliphatic hydroxyl groups excluding tert-OH is 1. The van der Waals surface area contributed by atoms with Crippen molar-refractivity contribution in [2.75, 3.05) is 11.9 Å². The van der Waals surface area contributed by atoms with Crippen LogP contribution in [0.4, 0.5) is 10.6 Å². The van der Waals surface area contributed by atoms with E-state index in [1.54, 1.807) is 6.07 Å². The number of carbonyl (C=O) groups is 1. The molecule has 22 heavy (non-hydrogen) atoms. The fourth-order valence-corrected chi connectivity index (χ4v) is 2.63. The van der Waals surface area contributed by atoms with Gasteiger partial charge in [-0.3, -0.25) is 5.32 Å². The first kappa shape index (κ1) is 16.7. The number of carbonyl (C=O) groups excluding carboxylic acids is 1. The molecule has 1 aromatic heterocycles. The molecule has 1 aliphatic carbocycles. The normalized spacial score (nSPS) is 22.2. The summed E-state index contributed by atoms with van der Waals surface area (Å²) in [5.74, 6) is 0.839. The molecule has 3 N–H and O–H groups in total. The van der Waals surface area contributed by atoms with Crippen molar-refractivity contribution < 1.29 is 9.90 Å². The van der Waals surface area contributed by atoms with E-state index in [9.17, 15) is 4.79 Å². The van der Waals surface area contributed by atoms with Crippen molar-refractivity contribution >= 4 is 11.8 Å². The Morgan fingerprint density at radius 1 is 1.23 bits per heavy atom. The van der Waals surface area contributed by atoms with Crippen molar-refractivity contribution in [2.45, 2.75) is 57.9 Å². The van der Waals surface area contributed by atoms with Crippen LogP contribution < -0.4 is 10.6 Å². The third-order valence-electron chi connectivity index (χ3n) is 4.11. The molecule has 1 fully saturated rings. The number of aromatic nitrogens is 2. The molecule has 0 spiro atoms. The Bertz CT molecular complexity index is 488. The molecule has 0 saturated heterocycles. The van der Waals surface area contributed by atoms with Crippen LogP contribution in [0.3, 0.4) is 0 Å². The first-order valence-corrected chi connectivity index (χ1v) is 7.91.